The molecule has 40 heavy (non-hydrogen) atoms. The molecule has 2 atom stereocenters. The first-order valence-electron chi connectivity index (χ1n) is 13.6. The van der Waals surface area contributed by atoms with E-state index < -0.39 is 0 Å². The summed E-state index contributed by atoms with van der Waals surface area (Å²) in [5.74, 6) is -0.0595. The fourth-order valence-electron chi connectivity index (χ4n) is 5.70. The second-order valence-corrected chi connectivity index (χ2v) is 12.2. The Kier molecular flexibility index (Phi) is 7.64. The molecule has 3 aromatic rings. The highest BCUT2D eigenvalue weighted by Gasteiger charge is 2.41. The number of halogens is 1. The van der Waals surface area contributed by atoms with Gasteiger partial charge in [-0.15, -0.1) is 0 Å². The highest BCUT2D eigenvalue weighted by atomic mass is 35.5. The largest absolute Gasteiger partial charge is 0.365 e. The van der Waals surface area contributed by atoms with E-state index in [4.69, 9.17) is 23.8 Å². The second-order valence-electron chi connectivity index (χ2n) is 11.4. The molecule has 2 N–H and O–H groups in total. The maximum absolute atomic E-state index is 13.1. The van der Waals surface area contributed by atoms with E-state index in [1.165, 1.54) is 5.57 Å². The third kappa shape index (κ3) is 5.32. The fraction of sp³-hybridized carbons (Fsp3) is 0.344. The smallest absolute Gasteiger partial charge is 0.226 e. The van der Waals surface area contributed by atoms with Gasteiger partial charge in [-0.2, -0.15) is 0 Å². The van der Waals surface area contributed by atoms with E-state index in [0.717, 1.165) is 39.3 Å². The summed E-state index contributed by atoms with van der Waals surface area (Å²) in [4.78, 5) is 22.1. The molecule has 0 bridgehead atoms. The third-order valence-corrected chi connectivity index (χ3v) is 8.78. The summed E-state index contributed by atoms with van der Waals surface area (Å²) < 4.78 is 0. The van der Waals surface area contributed by atoms with E-state index in [1.807, 2.05) is 50.2 Å². The molecular formula is C32H36ClN5OS. The molecule has 0 radical (unpaired) electrons. The number of amides is 1. The van der Waals surface area contributed by atoms with Crippen LogP contribution in [0.5, 0.6) is 0 Å². The molecule has 1 fully saturated rings. The van der Waals surface area contributed by atoms with Crippen molar-refractivity contribution in [2.45, 2.75) is 58.7 Å². The molecule has 0 aliphatic carbocycles. The number of likely N-dealkylation sites (N-methyl/N-ethyl adjacent to an activating group) is 1. The monoisotopic (exact) mass is 573 g/mol. The van der Waals surface area contributed by atoms with Crippen LogP contribution in [0.1, 0.15) is 67.2 Å². The molecule has 1 amide bonds. The van der Waals surface area contributed by atoms with E-state index in [9.17, 15) is 4.79 Å². The molecule has 0 saturated carbocycles. The van der Waals surface area contributed by atoms with Gasteiger partial charge in [0.15, 0.2) is 5.11 Å². The van der Waals surface area contributed by atoms with Crippen molar-refractivity contribution >= 4 is 51.8 Å². The number of aryl methyl sites for hydroxylation is 2. The van der Waals surface area contributed by atoms with Crippen molar-refractivity contribution < 1.29 is 4.79 Å². The van der Waals surface area contributed by atoms with Gasteiger partial charge in [0.25, 0.3) is 0 Å². The van der Waals surface area contributed by atoms with E-state index in [2.05, 4.69) is 71.4 Å². The molecule has 2 aliphatic heterocycles. The molecule has 1 aromatic heterocycles. The van der Waals surface area contributed by atoms with Gasteiger partial charge in [-0.3, -0.25) is 9.78 Å². The van der Waals surface area contributed by atoms with E-state index in [0.29, 0.717) is 16.7 Å². The van der Waals surface area contributed by atoms with Gasteiger partial charge in [0.2, 0.25) is 5.91 Å². The molecular weight excluding hydrogens is 538 g/mol. The van der Waals surface area contributed by atoms with Gasteiger partial charge in [-0.05, 0) is 99.4 Å². The zero-order valence-electron chi connectivity index (χ0n) is 23.9. The van der Waals surface area contributed by atoms with Gasteiger partial charge in [0, 0.05) is 48.2 Å². The Hall–Kier alpha value is -3.42. The van der Waals surface area contributed by atoms with Crippen LogP contribution in [0, 0.1) is 13.8 Å². The zero-order valence-corrected chi connectivity index (χ0v) is 25.5. The normalized spacial score (nSPS) is 19.7. The van der Waals surface area contributed by atoms with Crippen LogP contribution in [0.2, 0.25) is 5.02 Å². The lowest BCUT2D eigenvalue weighted by Gasteiger charge is -2.41. The predicted octanol–water partition coefficient (Wildman–Crippen LogP) is 6.98. The predicted molar refractivity (Wildman–Crippen MR) is 169 cm³/mol. The van der Waals surface area contributed by atoms with Crippen molar-refractivity contribution in [3.8, 4) is 0 Å². The van der Waals surface area contributed by atoms with E-state index in [-0.39, 0.29) is 30.0 Å². The second kappa shape index (κ2) is 10.9. The van der Waals surface area contributed by atoms with Crippen LogP contribution in [0.3, 0.4) is 0 Å². The van der Waals surface area contributed by atoms with Crippen LogP contribution in [-0.4, -0.2) is 40.0 Å². The first kappa shape index (κ1) is 28.1. The summed E-state index contributed by atoms with van der Waals surface area (Å²) in [5.41, 5.74) is 8.13. The minimum Gasteiger partial charge on any atom is -0.365 e. The van der Waals surface area contributed by atoms with Gasteiger partial charge in [-0.25, -0.2) is 0 Å². The Labute approximate surface area is 247 Å². The molecule has 208 valence electrons. The Morgan fingerprint density at radius 2 is 1.93 bits per heavy atom. The van der Waals surface area contributed by atoms with Crippen molar-refractivity contribution in [2.24, 2.45) is 0 Å². The minimum absolute atomic E-state index is 0.0595. The molecule has 2 aliphatic rings. The summed E-state index contributed by atoms with van der Waals surface area (Å²) in [6.07, 6.45) is 4.35. The molecule has 0 unspecified atom stereocenters. The summed E-state index contributed by atoms with van der Waals surface area (Å²) in [7, 11) is 2.10. The van der Waals surface area contributed by atoms with Crippen molar-refractivity contribution in [3.63, 3.8) is 0 Å². The SMILES string of the molecule is CC1=CC(C)(C)N(C)c2cc(Cl)c([C@H]3[C@@H](c4ccccn4)NC(=S)N3CCC(=O)Nc3cc(C)ccc3C)cc21. The summed E-state index contributed by atoms with van der Waals surface area (Å²) >= 11 is 12.9. The quantitative estimate of drug-likeness (QED) is 0.310. The fourth-order valence-corrected chi connectivity index (χ4v) is 6.31. The number of pyridine rings is 1. The molecule has 8 heteroatoms. The zero-order chi connectivity index (χ0) is 28.8. The van der Waals surface area contributed by atoms with Gasteiger partial charge in [-0.1, -0.05) is 35.9 Å². The number of allylic oxidation sites excluding steroid dienone is 1. The van der Waals surface area contributed by atoms with Crippen LogP contribution >= 0.6 is 23.8 Å². The van der Waals surface area contributed by atoms with Gasteiger partial charge in [0.1, 0.15) is 0 Å². The van der Waals surface area contributed by atoms with Gasteiger partial charge >= 0.3 is 0 Å². The Morgan fingerprint density at radius 1 is 1.15 bits per heavy atom. The van der Waals surface area contributed by atoms with Crippen LogP contribution in [-0.2, 0) is 4.79 Å². The number of benzene rings is 2. The lowest BCUT2D eigenvalue weighted by atomic mass is 9.86. The molecule has 3 heterocycles. The number of rotatable bonds is 6. The van der Waals surface area contributed by atoms with Crippen molar-refractivity contribution in [2.75, 3.05) is 23.8 Å². The number of hydrogen-bond acceptors (Lipinski definition) is 4. The number of carbonyl (C=O) groups is 1. The Balaban J connectivity index is 1.49. The number of nitrogens with zero attached hydrogens (tertiary/aromatic N) is 3. The lowest BCUT2D eigenvalue weighted by Crippen LogP contribution is -2.42. The molecule has 2 aromatic carbocycles. The van der Waals surface area contributed by atoms with Crippen LogP contribution in [0.25, 0.3) is 5.57 Å². The number of aromatic nitrogens is 1. The number of thiocarbonyl (C=S) groups is 1. The van der Waals surface area contributed by atoms with Gasteiger partial charge < -0.3 is 20.4 Å². The van der Waals surface area contributed by atoms with Crippen molar-refractivity contribution in [3.05, 3.63) is 93.8 Å². The highest BCUT2D eigenvalue weighted by Crippen LogP contribution is 2.46. The Bertz CT molecular complexity index is 1500. The van der Waals surface area contributed by atoms with E-state index in [1.54, 1.807) is 6.20 Å². The Morgan fingerprint density at radius 3 is 2.65 bits per heavy atom. The summed E-state index contributed by atoms with van der Waals surface area (Å²) in [6.45, 7) is 11.0. The van der Waals surface area contributed by atoms with Crippen LogP contribution < -0.4 is 15.5 Å². The van der Waals surface area contributed by atoms with Crippen LogP contribution in [0.4, 0.5) is 11.4 Å². The van der Waals surface area contributed by atoms with Gasteiger partial charge in [0.05, 0.1) is 23.3 Å². The maximum Gasteiger partial charge on any atom is 0.226 e. The average molecular weight is 574 g/mol. The third-order valence-electron chi connectivity index (χ3n) is 8.10. The number of fused-ring (bicyclic) bond motifs is 1. The first-order chi connectivity index (χ1) is 19.0. The highest BCUT2D eigenvalue weighted by molar-refractivity contribution is 7.80. The number of hydrogen-bond donors (Lipinski definition) is 2. The topological polar surface area (TPSA) is 60.5 Å². The number of nitrogens with one attached hydrogen (secondary N) is 2. The lowest BCUT2D eigenvalue weighted by molar-refractivity contribution is -0.116. The molecule has 1 saturated heterocycles. The average Bonchev–Trinajstić information content (AvgIpc) is 3.24. The molecule has 0 spiro atoms. The summed E-state index contributed by atoms with van der Waals surface area (Å²) in [5, 5.41) is 7.80. The van der Waals surface area contributed by atoms with Crippen LogP contribution in [0.15, 0.2) is 60.8 Å². The number of carbonyl (C=O) groups excluding carboxylic acids is 1. The maximum atomic E-state index is 13.1. The standard InChI is InChI=1S/C32H36ClN5OS/c1-19-10-11-20(2)26(15-19)35-28(39)12-14-38-30(29(36-31(38)40)25-9-7-8-13-34-25)23-16-22-21(3)18-32(4,5)37(6)27(22)17-24(23)33/h7-11,13,15-18,29-30H,12,14H2,1-6H3,(H,35,39)(H,36,40)/t29-,30+/m1/s1. The first-order valence-corrected chi connectivity index (χ1v) is 14.4. The summed E-state index contributed by atoms with van der Waals surface area (Å²) in [6, 6.07) is 15.7. The molecule has 5 rings (SSSR count). The van der Waals surface area contributed by atoms with Crippen molar-refractivity contribution in [1.82, 2.24) is 15.2 Å². The van der Waals surface area contributed by atoms with Crippen molar-refractivity contribution in [1.29, 1.82) is 0 Å². The molecule has 6 nitrogen and oxygen atoms in total. The van der Waals surface area contributed by atoms with E-state index >= 15 is 0 Å². The number of anilines is 2. The minimum atomic E-state index is -0.234.